The molecule has 0 spiro atoms. The molecule has 2 aliphatic heterocycles. The van der Waals surface area contributed by atoms with Crippen molar-refractivity contribution < 1.29 is 29.0 Å². The Hall–Kier alpha value is -2.80. The Morgan fingerprint density at radius 1 is 1.41 bits per heavy atom. The third-order valence-corrected chi connectivity index (χ3v) is 5.93. The number of carboxylic acids is 1. The number of H-pyrrole nitrogens is 1. The smallest absolute Gasteiger partial charge is 0.404 e. The molecule has 0 aromatic carbocycles. The minimum absolute atomic E-state index is 0.0980. The van der Waals surface area contributed by atoms with Crippen LogP contribution in [0.15, 0.2) is 21.4 Å². The van der Waals surface area contributed by atoms with Gasteiger partial charge < -0.3 is 25.9 Å². The number of amides is 3. The first kappa shape index (κ1) is 19.0. The Labute approximate surface area is 159 Å². The highest BCUT2D eigenvalue weighted by Gasteiger charge is 2.54. The molecule has 1 fully saturated rings. The lowest BCUT2D eigenvalue weighted by molar-refractivity contribution is -0.150. The molecule has 5 N–H and O–H groups in total. The quantitative estimate of drug-likeness (QED) is 0.421. The van der Waals surface area contributed by atoms with Gasteiger partial charge in [-0.05, 0) is 0 Å². The molecular weight excluding hydrogens is 400 g/mol. The van der Waals surface area contributed by atoms with E-state index < -0.39 is 35.3 Å². The number of aromatic nitrogens is 1. The molecule has 3 heterocycles. The number of ether oxygens (including phenoxy) is 1. The van der Waals surface area contributed by atoms with Gasteiger partial charge in [0.05, 0.1) is 6.42 Å². The molecule has 0 saturated carbocycles. The van der Waals surface area contributed by atoms with Crippen LogP contribution in [0.1, 0.15) is 5.69 Å². The van der Waals surface area contributed by atoms with Gasteiger partial charge in [0.25, 0.3) is 5.91 Å². The predicted octanol–water partition coefficient (Wildman–Crippen LogP) is -1.19. The number of nitrogens with two attached hydrogens (primary N) is 1. The molecule has 27 heavy (non-hydrogen) atoms. The van der Waals surface area contributed by atoms with Crippen LogP contribution in [0.3, 0.4) is 0 Å². The second kappa shape index (κ2) is 7.44. The minimum Gasteiger partial charge on any atom is -0.477 e. The topological polar surface area (TPSA) is 172 Å². The standard InChI is InChI=1S/C14H14N4O7S2/c15-13(23)25-2-5-3-26-11-8(10(20)18(11)9(5)12(21)22)17-7(19)1-6-4-27-14(24)16-6/h4,8,11H,1-3H2,(H2,15,23)(H,16,24)(H,17,19)(H,21,22)/t8?,11-/m1/s1. The van der Waals surface area contributed by atoms with Gasteiger partial charge in [0.15, 0.2) is 0 Å². The van der Waals surface area contributed by atoms with Gasteiger partial charge in [-0.1, -0.05) is 11.3 Å². The average Bonchev–Trinajstić information content (AvgIpc) is 3.01. The Kier molecular flexibility index (Phi) is 5.23. The lowest BCUT2D eigenvalue weighted by Gasteiger charge is -2.49. The minimum atomic E-state index is -1.34. The van der Waals surface area contributed by atoms with Crippen molar-refractivity contribution in [1.82, 2.24) is 15.2 Å². The molecule has 3 rings (SSSR count). The zero-order chi connectivity index (χ0) is 19.7. The molecule has 0 aliphatic carbocycles. The number of aliphatic carboxylic acids is 1. The van der Waals surface area contributed by atoms with Crippen molar-refractivity contribution >= 4 is 47.0 Å². The van der Waals surface area contributed by atoms with E-state index in [4.69, 9.17) is 5.73 Å². The number of hydrogen-bond donors (Lipinski definition) is 4. The third-order valence-electron chi connectivity index (χ3n) is 3.88. The van der Waals surface area contributed by atoms with Gasteiger partial charge in [-0.25, -0.2) is 9.59 Å². The van der Waals surface area contributed by atoms with Crippen LogP contribution < -0.4 is 15.9 Å². The number of carbonyl (C=O) groups excluding carboxylic acids is 3. The normalized spacial score (nSPS) is 21.3. The summed E-state index contributed by atoms with van der Waals surface area (Å²) in [6.07, 6.45) is -1.15. The molecule has 3 amide bonds. The molecule has 11 nitrogen and oxygen atoms in total. The highest BCUT2D eigenvalue weighted by Crippen LogP contribution is 2.40. The summed E-state index contributed by atoms with van der Waals surface area (Å²) in [4.78, 5) is 61.2. The van der Waals surface area contributed by atoms with E-state index in [-0.39, 0.29) is 34.9 Å². The maximum absolute atomic E-state index is 12.4. The lowest BCUT2D eigenvalue weighted by atomic mass is 10.0. The monoisotopic (exact) mass is 414 g/mol. The first-order valence-electron chi connectivity index (χ1n) is 7.56. The Bertz CT molecular complexity index is 905. The third kappa shape index (κ3) is 3.83. The maximum Gasteiger partial charge on any atom is 0.404 e. The fourth-order valence-electron chi connectivity index (χ4n) is 2.75. The fraction of sp³-hybridized carbons (Fsp3) is 0.357. The van der Waals surface area contributed by atoms with Crippen LogP contribution in [0.5, 0.6) is 0 Å². The highest BCUT2D eigenvalue weighted by molar-refractivity contribution is 8.00. The van der Waals surface area contributed by atoms with Gasteiger partial charge in [0.1, 0.15) is 23.7 Å². The zero-order valence-electron chi connectivity index (χ0n) is 13.6. The summed E-state index contributed by atoms with van der Waals surface area (Å²) in [6.45, 7) is -0.330. The summed E-state index contributed by atoms with van der Waals surface area (Å²) in [5.41, 5.74) is 5.30. The van der Waals surface area contributed by atoms with Crippen molar-refractivity contribution in [2.75, 3.05) is 12.4 Å². The van der Waals surface area contributed by atoms with Crippen LogP contribution in [-0.4, -0.2) is 62.6 Å². The summed E-state index contributed by atoms with van der Waals surface area (Å²) in [7, 11) is 0. The molecular formula is C14H14N4O7S2. The van der Waals surface area contributed by atoms with Crippen molar-refractivity contribution in [2.45, 2.75) is 17.8 Å². The van der Waals surface area contributed by atoms with Crippen LogP contribution in [0.4, 0.5) is 4.79 Å². The SMILES string of the molecule is NC(=O)OCC1=C(C(=O)O)N2C(=O)C(NC(=O)Cc3csc(=O)[nH]3)[C@H]2SC1. The average molecular weight is 414 g/mol. The largest absolute Gasteiger partial charge is 0.477 e. The molecule has 1 aromatic rings. The summed E-state index contributed by atoms with van der Waals surface area (Å²) in [5.74, 6) is -2.18. The van der Waals surface area contributed by atoms with E-state index >= 15 is 0 Å². The number of β-lactam (4-membered cyclic amide) rings is 1. The maximum atomic E-state index is 12.4. The van der Waals surface area contributed by atoms with Crippen molar-refractivity contribution in [3.63, 3.8) is 0 Å². The number of rotatable bonds is 6. The number of fused-ring (bicyclic) bond motifs is 1. The van der Waals surface area contributed by atoms with Gasteiger partial charge in [0, 0.05) is 22.4 Å². The predicted molar refractivity (Wildman–Crippen MR) is 93.9 cm³/mol. The van der Waals surface area contributed by atoms with E-state index in [9.17, 15) is 29.1 Å². The molecule has 1 saturated heterocycles. The van der Waals surface area contributed by atoms with E-state index in [0.29, 0.717) is 5.69 Å². The Morgan fingerprint density at radius 2 is 2.15 bits per heavy atom. The first-order valence-corrected chi connectivity index (χ1v) is 9.49. The molecule has 1 aromatic heterocycles. The lowest BCUT2D eigenvalue weighted by Crippen LogP contribution is -2.70. The summed E-state index contributed by atoms with van der Waals surface area (Å²) < 4.78 is 4.63. The number of hydrogen-bond acceptors (Lipinski definition) is 8. The Balaban J connectivity index is 1.69. The van der Waals surface area contributed by atoms with Crippen LogP contribution in [0, 0.1) is 0 Å². The van der Waals surface area contributed by atoms with Gasteiger partial charge >= 0.3 is 16.9 Å². The van der Waals surface area contributed by atoms with E-state index in [1.165, 1.54) is 17.1 Å². The number of thioether (sulfide) groups is 1. The van der Waals surface area contributed by atoms with Crippen molar-refractivity contribution in [3.05, 3.63) is 32.0 Å². The fourth-order valence-corrected chi connectivity index (χ4v) is 4.66. The van der Waals surface area contributed by atoms with Crippen LogP contribution in [0.25, 0.3) is 0 Å². The molecule has 0 radical (unpaired) electrons. The molecule has 2 atom stereocenters. The number of nitrogens with zero attached hydrogens (tertiary/aromatic N) is 1. The highest BCUT2D eigenvalue weighted by atomic mass is 32.2. The van der Waals surface area contributed by atoms with Crippen LogP contribution in [-0.2, 0) is 25.5 Å². The van der Waals surface area contributed by atoms with E-state index in [2.05, 4.69) is 15.0 Å². The van der Waals surface area contributed by atoms with Crippen LogP contribution in [0.2, 0.25) is 0 Å². The van der Waals surface area contributed by atoms with E-state index in [1.54, 1.807) is 0 Å². The van der Waals surface area contributed by atoms with E-state index in [1.807, 2.05) is 0 Å². The molecule has 144 valence electrons. The Morgan fingerprint density at radius 3 is 2.74 bits per heavy atom. The summed E-state index contributed by atoms with van der Waals surface area (Å²) >= 11 is 2.17. The van der Waals surface area contributed by atoms with Crippen molar-refractivity contribution in [1.29, 1.82) is 0 Å². The number of aromatic amines is 1. The van der Waals surface area contributed by atoms with Gasteiger partial charge in [-0.2, -0.15) is 0 Å². The molecule has 1 unspecified atom stereocenters. The number of nitrogens with one attached hydrogen (secondary N) is 2. The molecule has 2 aliphatic rings. The second-order valence-corrected chi connectivity index (χ2v) is 7.62. The van der Waals surface area contributed by atoms with Crippen molar-refractivity contribution in [3.8, 4) is 0 Å². The van der Waals surface area contributed by atoms with Gasteiger partial charge in [0.2, 0.25) is 5.91 Å². The number of carbonyl (C=O) groups is 4. The van der Waals surface area contributed by atoms with E-state index in [0.717, 1.165) is 16.2 Å². The molecule has 13 heteroatoms. The van der Waals surface area contributed by atoms with Gasteiger partial charge in [-0.15, -0.1) is 11.8 Å². The zero-order valence-corrected chi connectivity index (χ0v) is 15.2. The first-order chi connectivity index (χ1) is 12.8. The van der Waals surface area contributed by atoms with Crippen LogP contribution >= 0.6 is 23.1 Å². The van der Waals surface area contributed by atoms with Crippen molar-refractivity contribution in [2.24, 2.45) is 5.73 Å². The van der Waals surface area contributed by atoms with Gasteiger partial charge in [-0.3, -0.25) is 19.3 Å². The summed E-state index contributed by atoms with van der Waals surface area (Å²) in [6, 6.07) is -0.874. The summed E-state index contributed by atoms with van der Waals surface area (Å²) in [5, 5.41) is 12.9. The number of carboxylic acid groups (broad SMARTS) is 1. The number of thiazole rings is 1. The second-order valence-electron chi connectivity index (χ2n) is 5.67. The molecule has 0 bridgehead atoms. The number of primary amides is 1.